The molecule has 118 valence electrons. The van der Waals surface area contributed by atoms with Crippen molar-refractivity contribution < 1.29 is 14.0 Å². The van der Waals surface area contributed by atoms with Crippen LogP contribution in [0.3, 0.4) is 0 Å². The molecule has 4 nitrogen and oxygen atoms in total. The Morgan fingerprint density at radius 2 is 2.23 bits per heavy atom. The number of aromatic nitrogens is 1. The maximum Gasteiger partial charge on any atom is 0.137 e. The van der Waals surface area contributed by atoms with E-state index in [-0.39, 0.29) is 11.7 Å². The van der Waals surface area contributed by atoms with Crippen molar-refractivity contribution in [2.75, 3.05) is 13.1 Å². The standard InChI is InChI=1S/C16H18ClFN2O2/c1-10-4-14(22-19-10)5-12-8-20(9-16(12)21)7-11-2-3-13(18)6-15(11)17/h2-4,6,12,16,21H,5,7-9H2,1H3/t12-,16+/m1/s1. The Bertz CT molecular complexity index is 661. The molecule has 1 aliphatic rings. The van der Waals surface area contributed by atoms with Crippen LogP contribution < -0.4 is 0 Å². The average Bonchev–Trinajstić information content (AvgIpc) is 3.00. The molecular formula is C16H18ClFN2O2. The fraction of sp³-hybridized carbons (Fsp3) is 0.438. The molecule has 0 saturated carbocycles. The van der Waals surface area contributed by atoms with Crippen LogP contribution in [0.4, 0.5) is 4.39 Å². The lowest BCUT2D eigenvalue weighted by atomic mass is 10.0. The number of aryl methyl sites for hydroxylation is 1. The number of aliphatic hydroxyl groups is 1. The number of aliphatic hydroxyl groups excluding tert-OH is 1. The summed E-state index contributed by atoms with van der Waals surface area (Å²) in [5, 5.41) is 14.5. The molecular weight excluding hydrogens is 307 g/mol. The first-order valence-corrected chi connectivity index (χ1v) is 7.65. The smallest absolute Gasteiger partial charge is 0.137 e. The molecule has 1 fully saturated rings. The van der Waals surface area contributed by atoms with E-state index < -0.39 is 6.10 Å². The van der Waals surface area contributed by atoms with Crippen LogP contribution in [-0.2, 0) is 13.0 Å². The highest BCUT2D eigenvalue weighted by Gasteiger charge is 2.32. The first-order chi connectivity index (χ1) is 10.5. The Morgan fingerprint density at radius 3 is 2.91 bits per heavy atom. The molecule has 1 N–H and O–H groups in total. The van der Waals surface area contributed by atoms with E-state index in [9.17, 15) is 9.50 Å². The van der Waals surface area contributed by atoms with Crippen LogP contribution in [0.15, 0.2) is 28.8 Å². The van der Waals surface area contributed by atoms with Gasteiger partial charge in [-0.3, -0.25) is 4.90 Å². The van der Waals surface area contributed by atoms with E-state index in [0.717, 1.165) is 23.6 Å². The number of hydrogen-bond donors (Lipinski definition) is 1. The van der Waals surface area contributed by atoms with Crippen molar-refractivity contribution in [3.8, 4) is 0 Å². The normalized spacial score (nSPS) is 22.4. The Kier molecular flexibility index (Phi) is 4.47. The predicted molar refractivity (Wildman–Crippen MR) is 81.1 cm³/mol. The van der Waals surface area contributed by atoms with Gasteiger partial charge in [0.15, 0.2) is 0 Å². The lowest BCUT2D eigenvalue weighted by Crippen LogP contribution is -2.21. The summed E-state index contributed by atoms with van der Waals surface area (Å²) in [5.74, 6) is 0.559. The maximum atomic E-state index is 13.1. The van der Waals surface area contributed by atoms with E-state index in [2.05, 4.69) is 10.1 Å². The third-order valence-electron chi connectivity index (χ3n) is 4.03. The molecule has 0 radical (unpaired) electrons. The monoisotopic (exact) mass is 324 g/mol. The van der Waals surface area contributed by atoms with Gasteiger partial charge in [0.1, 0.15) is 11.6 Å². The molecule has 2 heterocycles. The lowest BCUT2D eigenvalue weighted by molar-refractivity contribution is 0.137. The Balaban J connectivity index is 1.62. The molecule has 2 atom stereocenters. The quantitative estimate of drug-likeness (QED) is 0.939. The molecule has 1 aliphatic heterocycles. The minimum absolute atomic E-state index is 0.103. The Morgan fingerprint density at radius 1 is 1.41 bits per heavy atom. The van der Waals surface area contributed by atoms with E-state index in [4.69, 9.17) is 16.1 Å². The number of rotatable bonds is 4. The summed E-state index contributed by atoms with van der Waals surface area (Å²) >= 11 is 6.06. The lowest BCUT2D eigenvalue weighted by Gasteiger charge is -2.16. The van der Waals surface area contributed by atoms with Gasteiger partial charge in [-0.1, -0.05) is 22.8 Å². The number of nitrogens with zero attached hydrogens (tertiary/aromatic N) is 2. The van der Waals surface area contributed by atoms with Gasteiger partial charge in [0, 0.05) is 43.1 Å². The average molecular weight is 325 g/mol. The summed E-state index contributed by atoms with van der Waals surface area (Å²) in [6, 6.07) is 6.31. The minimum atomic E-state index is -0.412. The molecule has 0 unspecified atom stereocenters. The largest absolute Gasteiger partial charge is 0.391 e. The predicted octanol–water partition coefficient (Wildman–Crippen LogP) is 2.81. The molecule has 0 bridgehead atoms. The number of β-amino-alcohol motifs (C(OH)–C–C–N with tert-alkyl or cyclic N) is 1. The maximum absolute atomic E-state index is 13.1. The van der Waals surface area contributed by atoms with Crippen molar-refractivity contribution in [2.45, 2.75) is 26.0 Å². The van der Waals surface area contributed by atoms with Gasteiger partial charge >= 0.3 is 0 Å². The summed E-state index contributed by atoms with van der Waals surface area (Å²) in [6.07, 6.45) is 0.250. The molecule has 6 heteroatoms. The van der Waals surface area contributed by atoms with Crippen LogP contribution in [0.5, 0.6) is 0 Å². The molecule has 0 aliphatic carbocycles. The summed E-state index contributed by atoms with van der Waals surface area (Å²) < 4.78 is 18.3. The molecule has 3 rings (SSSR count). The third-order valence-corrected chi connectivity index (χ3v) is 4.38. The highest BCUT2D eigenvalue weighted by molar-refractivity contribution is 6.31. The van der Waals surface area contributed by atoms with E-state index in [0.29, 0.717) is 24.5 Å². The van der Waals surface area contributed by atoms with E-state index in [1.807, 2.05) is 13.0 Å². The number of benzene rings is 1. The van der Waals surface area contributed by atoms with Gasteiger partial charge in [0.2, 0.25) is 0 Å². The SMILES string of the molecule is Cc1cc(C[C@@H]2CN(Cc3ccc(F)cc3Cl)C[C@@H]2O)on1. The molecule has 1 saturated heterocycles. The Labute approximate surface area is 133 Å². The van der Waals surface area contributed by atoms with Gasteiger partial charge in [-0.15, -0.1) is 0 Å². The zero-order chi connectivity index (χ0) is 15.7. The van der Waals surface area contributed by atoms with Gasteiger partial charge in [0.25, 0.3) is 0 Å². The zero-order valence-corrected chi connectivity index (χ0v) is 13.1. The van der Waals surface area contributed by atoms with E-state index in [1.54, 1.807) is 6.07 Å². The van der Waals surface area contributed by atoms with Gasteiger partial charge in [-0.25, -0.2) is 4.39 Å². The highest BCUT2D eigenvalue weighted by Crippen LogP contribution is 2.26. The van der Waals surface area contributed by atoms with Gasteiger partial charge in [0.05, 0.1) is 11.8 Å². The van der Waals surface area contributed by atoms with Crippen molar-refractivity contribution in [1.82, 2.24) is 10.1 Å². The third kappa shape index (κ3) is 3.48. The van der Waals surface area contributed by atoms with Gasteiger partial charge in [-0.2, -0.15) is 0 Å². The molecule has 2 aromatic rings. The van der Waals surface area contributed by atoms with Crippen molar-refractivity contribution in [3.63, 3.8) is 0 Å². The van der Waals surface area contributed by atoms with Crippen LogP contribution in [0.2, 0.25) is 5.02 Å². The van der Waals surface area contributed by atoms with E-state index in [1.165, 1.54) is 12.1 Å². The van der Waals surface area contributed by atoms with Crippen molar-refractivity contribution in [2.24, 2.45) is 5.92 Å². The zero-order valence-electron chi connectivity index (χ0n) is 12.3. The summed E-state index contributed by atoms with van der Waals surface area (Å²) in [7, 11) is 0. The molecule has 0 amide bonds. The number of likely N-dealkylation sites (tertiary alicyclic amines) is 1. The number of hydrogen-bond acceptors (Lipinski definition) is 4. The van der Waals surface area contributed by atoms with Crippen molar-refractivity contribution in [1.29, 1.82) is 0 Å². The second-order valence-corrected chi connectivity index (χ2v) is 6.30. The van der Waals surface area contributed by atoms with Crippen LogP contribution in [0.25, 0.3) is 0 Å². The minimum Gasteiger partial charge on any atom is -0.391 e. The molecule has 1 aromatic carbocycles. The Hall–Kier alpha value is -1.43. The first kappa shape index (κ1) is 15.5. The second-order valence-electron chi connectivity index (χ2n) is 5.90. The summed E-state index contributed by atoms with van der Waals surface area (Å²) in [5.41, 5.74) is 1.71. The van der Waals surface area contributed by atoms with Crippen LogP contribution in [0.1, 0.15) is 17.0 Å². The van der Waals surface area contributed by atoms with Gasteiger partial charge in [-0.05, 0) is 24.6 Å². The van der Waals surface area contributed by atoms with Crippen LogP contribution in [0, 0.1) is 18.7 Å². The fourth-order valence-corrected chi connectivity index (χ4v) is 3.16. The first-order valence-electron chi connectivity index (χ1n) is 7.28. The number of halogens is 2. The fourth-order valence-electron chi connectivity index (χ4n) is 2.93. The van der Waals surface area contributed by atoms with Gasteiger partial charge < -0.3 is 9.63 Å². The molecule has 22 heavy (non-hydrogen) atoms. The summed E-state index contributed by atoms with van der Waals surface area (Å²) in [4.78, 5) is 2.12. The van der Waals surface area contributed by atoms with E-state index >= 15 is 0 Å². The van der Waals surface area contributed by atoms with Crippen molar-refractivity contribution in [3.05, 3.63) is 52.1 Å². The molecule has 1 aromatic heterocycles. The van der Waals surface area contributed by atoms with Crippen LogP contribution in [-0.4, -0.2) is 34.4 Å². The second kappa shape index (κ2) is 6.36. The molecule has 0 spiro atoms. The van der Waals surface area contributed by atoms with Crippen LogP contribution >= 0.6 is 11.6 Å². The summed E-state index contributed by atoms with van der Waals surface area (Å²) in [6.45, 7) is 3.79. The topological polar surface area (TPSA) is 49.5 Å². The highest BCUT2D eigenvalue weighted by atomic mass is 35.5. The van der Waals surface area contributed by atoms with Crippen molar-refractivity contribution >= 4 is 11.6 Å².